The first-order valence-corrected chi connectivity index (χ1v) is 9.60. The molecule has 0 saturated heterocycles. The Labute approximate surface area is 150 Å². The third kappa shape index (κ3) is 3.71. The normalized spacial score (nSPS) is 11.8. The van der Waals surface area contributed by atoms with Crippen molar-refractivity contribution >= 4 is 37.5 Å². The Kier molecular flexibility index (Phi) is 5.52. The predicted octanol–water partition coefficient (Wildman–Crippen LogP) is 3.08. The highest BCUT2D eigenvalue weighted by Crippen LogP contribution is 2.23. The van der Waals surface area contributed by atoms with Gasteiger partial charge in [-0.05, 0) is 53.5 Å². The molecule has 0 saturated carbocycles. The second-order valence-corrected chi connectivity index (χ2v) is 8.62. The first kappa shape index (κ1) is 18.7. The Morgan fingerprint density at radius 1 is 1.29 bits per heavy atom. The fraction of sp³-hybridized carbons (Fsp3) is 0.312. The number of aromatic nitrogens is 1. The van der Waals surface area contributed by atoms with Crippen LogP contribution in [0.5, 0.6) is 0 Å². The van der Waals surface area contributed by atoms with Crippen LogP contribution < -0.4 is 5.32 Å². The number of rotatable bonds is 5. The molecule has 8 heteroatoms. The number of carbonyl (C=O) groups is 1. The van der Waals surface area contributed by atoms with Gasteiger partial charge in [0.1, 0.15) is 5.69 Å². The van der Waals surface area contributed by atoms with Gasteiger partial charge in [-0.25, -0.2) is 12.7 Å². The van der Waals surface area contributed by atoms with Crippen LogP contribution >= 0.6 is 15.9 Å². The zero-order chi connectivity index (χ0) is 18.1. The Balaban J connectivity index is 2.37. The summed E-state index contributed by atoms with van der Waals surface area (Å²) >= 11 is 3.36. The molecule has 1 heterocycles. The monoisotopic (exact) mass is 413 g/mol. The maximum atomic E-state index is 12.5. The summed E-state index contributed by atoms with van der Waals surface area (Å²) in [4.78, 5) is 12.7. The lowest BCUT2D eigenvalue weighted by molar-refractivity contribution is 0.101. The molecule has 2 rings (SSSR count). The fourth-order valence-electron chi connectivity index (χ4n) is 2.22. The van der Waals surface area contributed by atoms with Crippen LogP contribution in [0.4, 0.5) is 5.69 Å². The summed E-state index contributed by atoms with van der Waals surface area (Å²) in [6.45, 7) is 4.41. The minimum absolute atomic E-state index is 0.139. The number of nitrogens with one attached hydrogen (secondary N) is 1. The standard InChI is InChI=1S/C16H20BrN3O3S/c1-5-20-10-12(17)8-15(20)16(21)18-14-9-13(7-6-11(14)2)24(22,23)19(3)4/h6-10H,5H2,1-4H3,(H,18,21). The minimum Gasteiger partial charge on any atom is -0.343 e. The second kappa shape index (κ2) is 7.08. The molecule has 0 atom stereocenters. The van der Waals surface area contributed by atoms with E-state index in [4.69, 9.17) is 0 Å². The number of halogens is 1. The van der Waals surface area contributed by atoms with Crippen molar-refractivity contribution in [3.05, 3.63) is 46.2 Å². The summed E-state index contributed by atoms with van der Waals surface area (Å²) in [6.07, 6.45) is 1.83. The van der Waals surface area contributed by atoms with E-state index in [2.05, 4.69) is 21.2 Å². The van der Waals surface area contributed by atoms with Gasteiger partial charge >= 0.3 is 0 Å². The minimum atomic E-state index is -3.56. The van der Waals surface area contributed by atoms with Gasteiger partial charge in [0.25, 0.3) is 5.91 Å². The average molecular weight is 414 g/mol. The fourth-order valence-corrected chi connectivity index (χ4v) is 3.61. The number of amides is 1. The van der Waals surface area contributed by atoms with Gasteiger partial charge in [0.15, 0.2) is 0 Å². The Morgan fingerprint density at radius 2 is 1.96 bits per heavy atom. The number of anilines is 1. The quantitative estimate of drug-likeness (QED) is 0.818. The van der Waals surface area contributed by atoms with Crippen molar-refractivity contribution in [1.29, 1.82) is 0 Å². The van der Waals surface area contributed by atoms with Gasteiger partial charge in [0.05, 0.1) is 4.90 Å². The highest BCUT2D eigenvalue weighted by molar-refractivity contribution is 9.10. The van der Waals surface area contributed by atoms with E-state index in [9.17, 15) is 13.2 Å². The number of benzene rings is 1. The molecule has 0 unspecified atom stereocenters. The summed E-state index contributed by atoms with van der Waals surface area (Å²) < 4.78 is 28.3. The van der Waals surface area contributed by atoms with E-state index in [0.29, 0.717) is 17.9 Å². The number of sulfonamides is 1. The van der Waals surface area contributed by atoms with Crippen molar-refractivity contribution < 1.29 is 13.2 Å². The Bertz CT molecular complexity index is 873. The van der Waals surface area contributed by atoms with Crippen molar-refractivity contribution in [3.63, 3.8) is 0 Å². The van der Waals surface area contributed by atoms with Crippen molar-refractivity contribution in [1.82, 2.24) is 8.87 Å². The average Bonchev–Trinajstić information content (AvgIpc) is 2.90. The second-order valence-electron chi connectivity index (χ2n) is 5.55. The molecule has 1 aromatic carbocycles. The Morgan fingerprint density at radius 3 is 2.54 bits per heavy atom. The van der Waals surface area contributed by atoms with Gasteiger partial charge in [0.2, 0.25) is 10.0 Å². The molecule has 130 valence electrons. The molecule has 0 aliphatic carbocycles. The number of hydrogen-bond donors (Lipinski definition) is 1. The van der Waals surface area contributed by atoms with Crippen molar-refractivity contribution in [3.8, 4) is 0 Å². The van der Waals surface area contributed by atoms with Crippen LogP contribution in [0.3, 0.4) is 0 Å². The molecule has 0 bridgehead atoms. The molecule has 0 aliphatic heterocycles. The summed E-state index contributed by atoms with van der Waals surface area (Å²) in [6, 6.07) is 6.43. The summed E-state index contributed by atoms with van der Waals surface area (Å²) in [5.74, 6) is -0.287. The third-order valence-corrected chi connectivity index (χ3v) is 5.92. The molecule has 0 fully saturated rings. The summed E-state index contributed by atoms with van der Waals surface area (Å²) in [5, 5.41) is 2.80. The lowest BCUT2D eigenvalue weighted by atomic mass is 10.2. The van der Waals surface area contributed by atoms with E-state index < -0.39 is 10.0 Å². The zero-order valence-corrected chi connectivity index (χ0v) is 16.4. The molecule has 0 radical (unpaired) electrons. The van der Waals surface area contributed by atoms with E-state index in [1.165, 1.54) is 26.2 Å². The lowest BCUT2D eigenvalue weighted by Gasteiger charge is -2.15. The maximum absolute atomic E-state index is 12.5. The number of nitrogens with zero attached hydrogens (tertiary/aromatic N) is 2. The summed E-state index contributed by atoms with van der Waals surface area (Å²) in [7, 11) is -0.613. The van der Waals surface area contributed by atoms with Crippen molar-refractivity contribution in [2.75, 3.05) is 19.4 Å². The molecule has 1 amide bonds. The molecule has 2 aromatic rings. The van der Waals surface area contributed by atoms with Crippen LogP contribution in [0.15, 0.2) is 39.8 Å². The topological polar surface area (TPSA) is 71.4 Å². The molecule has 0 spiro atoms. The molecular weight excluding hydrogens is 394 g/mol. The molecule has 1 N–H and O–H groups in total. The van der Waals surface area contributed by atoms with Gasteiger partial charge < -0.3 is 9.88 Å². The molecule has 1 aromatic heterocycles. The SMILES string of the molecule is CCn1cc(Br)cc1C(=O)Nc1cc(S(=O)(=O)N(C)C)ccc1C. The largest absolute Gasteiger partial charge is 0.343 e. The first-order chi connectivity index (χ1) is 11.2. The van der Waals surface area contributed by atoms with E-state index in [0.717, 1.165) is 14.3 Å². The molecule has 6 nitrogen and oxygen atoms in total. The lowest BCUT2D eigenvalue weighted by Crippen LogP contribution is -2.23. The Hall–Kier alpha value is -1.64. The zero-order valence-electron chi connectivity index (χ0n) is 14.0. The van der Waals surface area contributed by atoms with Crippen LogP contribution in [0, 0.1) is 6.92 Å². The van der Waals surface area contributed by atoms with Crippen LogP contribution in [-0.2, 0) is 16.6 Å². The van der Waals surface area contributed by atoms with Crippen LogP contribution in [0.1, 0.15) is 23.0 Å². The van der Waals surface area contributed by atoms with Crippen LogP contribution in [-0.4, -0.2) is 37.3 Å². The third-order valence-electron chi connectivity index (χ3n) is 3.67. The highest BCUT2D eigenvalue weighted by Gasteiger charge is 2.19. The highest BCUT2D eigenvalue weighted by atomic mass is 79.9. The maximum Gasteiger partial charge on any atom is 0.272 e. The number of aryl methyl sites for hydroxylation is 2. The van der Waals surface area contributed by atoms with E-state index in [1.807, 2.05) is 24.6 Å². The molecular formula is C16H20BrN3O3S. The van der Waals surface area contributed by atoms with Gasteiger partial charge in [0, 0.05) is 37.0 Å². The first-order valence-electron chi connectivity index (χ1n) is 7.37. The van der Waals surface area contributed by atoms with Crippen LogP contribution in [0.2, 0.25) is 0 Å². The van der Waals surface area contributed by atoms with Gasteiger partial charge in [-0.2, -0.15) is 0 Å². The van der Waals surface area contributed by atoms with E-state index in [-0.39, 0.29) is 10.8 Å². The number of carbonyl (C=O) groups excluding carboxylic acids is 1. The molecule has 24 heavy (non-hydrogen) atoms. The van der Waals surface area contributed by atoms with Gasteiger partial charge in [-0.3, -0.25) is 4.79 Å². The summed E-state index contributed by atoms with van der Waals surface area (Å²) in [5.41, 5.74) is 1.77. The van der Waals surface area contributed by atoms with Crippen molar-refractivity contribution in [2.24, 2.45) is 0 Å². The van der Waals surface area contributed by atoms with Crippen LogP contribution in [0.25, 0.3) is 0 Å². The van der Waals surface area contributed by atoms with Gasteiger partial charge in [-0.15, -0.1) is 0 Å². The molecule has 0 aliphatic rings. The van der Waals surface area contributed by atoms with E-state index >= 15 is 0 Å². The van der Waals surface area contributed by atoms with Gasteiger partial charge in [-0.1, -0.05) is 6.07 Å². The number of hydrogen-bond acceptors (Lipinski definition) is 3. The van der Waals surface area contributed by atoms with E-state index in [1.54, 1.807) is 12.1 Å². The van der Waals surface area contributed by atoms with Crippen molar-refractivity contribution in [2.45, 2.75) is 25.3 Å². The smallest absolute Gasteiger partial charge is 0.272 e. The predicted molar refractivity (Wildman–Crippen MR) is 97.8 cm³/mol.